The van der Waals surface area contributed by atoms with Crippen molar-refractivity contribution in [2.24, 2.45) is 0 Å². The quantitative estimate of drug-likeness (QED) is 0.0376. The van der Waals surface area contributed by atoms with Gasteiger partial charge in [0.25, 0.3) is 0 Å². The zero-order valence-corrected chi connectivity index (χ0v) is 39.8. The Morgan fingerprint density at radius 3 is 1.00 bits per heavy atom. The molecule has 0 radical (unpaired) electrons. The predicted octanol–water partition coefficient (Wildman–Crippen LogP) is 17.4. The van der Waals surface area contributed by atoms with Crippen molar-refractivity contribution in [2.45, 2.75) is 296 Å². The van der Waals surface area contributed by atoms with Crippen molar-refractivity contribution >= 4 is 11.9 Å². The molecule has 0 aliphatic heterocycles. The van der Waals surface area contributed by atoms with Crippen LogP contribution in [0.15, 0.2) is 24.3 Å². The molecule has 5 nitrogen and oxygen atoms in total. The summed E-state index contributed by atoms with van der Waals surface area (Å²) in [5.41, 5.74) is 0. The Labute approximate surface area is 368 Å². The fourth-order valence-electron chi connectivity index (χ4n) is 8.00. The second-order valence-electron chi connectivity index (χ2n) is 18.0. The highest BCUT2D eigenvalue weighted by Gasteiger charge is 2.16. The van der Waals surface area contributed by atoms with Crippen molar-refractivity contribution in [1.29, 1.82) is 0 Å². The third-order valence-corrected chi connectivity index (χ3v) is 12.0. The zero-order chi connectivity index (χ0) is 42.8. The zero-order valence-electron chi connectivity index (χ0n) is 39.8. The number of carbonyl (C=O) groups excluding carboxylic acids is 2. The lowest BCUT2D eigenvalue weighted by atomic mass is 10.0. The average Bonchev–Trinajstić information content (AvgIpc) is 3.24. The van der Waals surface area contributed by atoms with Gasteiger partial charge in [0.15, 0.2) is 6.10 Å². The van der Waals surface area contributed by atoms with Crippen LogP contribution in [0.5, 0.6) is 0 Å². The maximum absolute atomic E-state index is 12.3. The van der Waals surface area contributed by atoms with Gasteiger partial charge >= 0.3 is 11.9 Å². The van der Waals surface area contributed by atoms with Gasteiger partial charge in [-0.05, 0) is 44.9 Å². The van der Waals surface area contributed by atoms with Gasteiger partial charge in [0.2, 0.25) is 0 Å². The Bertz CT molecular complexity index is 897. The monoisotopic (exact) mass is 831 g/mol. The van der Waals surface area contributed by atoms with Crippen molar-refractivity contribution in [3.63, 3.8) is 0 Å². The summed E-state index contributed by atoms with van der Waals surface area (Å²) in [7, 11) is 0. The van der Waals surface area contributed by atoms with Gasteiger partial charge in [0, 0.05) is 12.8 Å². The van der Waals surface area contributed by atoms with Gasteiger partial charge < -0.3 is 14.6 Å². The third-order valence-electron chi connectivity index (χ3n) is 12.0. The molecule has 0 aromatic carbocycles. The molecule has 0 saturated heterocycles. The van der Waals surface area contributed by atoms with Crippen LogP contribution in [0.1, 0.15) is 290 Å². The maximum atomic E-state index is 12.3. The lowest BCUT2D eigenvalue weighted by Crippen LogP contribution is -2.28. The van der Waals surface area contributed by atoms with Gasteiger partial charge in [0.05, 0.1) is 6.61 Å². The first-order valence-electron chi connectivity index (χ1n) is 26.4. The normalized spacial score (nSPS) is 12.3. The number of esters is 2. The van der Waals surface area contributed by atoms with E-state index in [1.165, 1.54) is 225 Å². The number of carbonyl (C=O) groups is 2. The van der Waals surface area contributed by atoms with Crippen LogP contribution in [-0.4, -0.2) is 36.4 Å². The van der Waals surface area contributed by atoms with Gasteiger partial charge in [-0.15, -0.1) is 0 Å². The summed E-state index contributed by atoms with van der Waals surface area (Å²) < 4.78 is 10.7. The SMILES string of the molecule is CCCCCCC/C=C\C/C=C\CCCCCCCCCCCCCCCCCC(=O)OC(CO)COC(=O)CCCCCCCCCCCCCCCCCCCC. The van der Waals surface area contributed by atoms with Crippen molar-refractivity contribution in [1.82, 2.24) is 0 Å². The van der Waals surface area contributed by atoms with Crippen molar-refractivity contribution < 1.29 is 24.2 Å². The summed E-state index contributed by atoms with van der Waals surface area (Å²) in [4.78, 5) is 24.5. The first-order valence-corrected chi connectivity index (χ1v) is 26.4. The lowest BCUT2D eigenvalue weighted by molar-refractivity contribution is -0.161. The Kier molecular flexibility index (Phi) is 49.3. The van der Waals surface area contributed by atoms with Gasteiger partial charge in [-0.25, -0.2) is 0 Å². The number of ether oxygens (including phenoxy) is 2. The number of hydrogen-bond acceptors (Lipinski definition) is 5. The van der Waals surface area contributed by atoms with Crippen molar-refractivity contribution in [3.8, 4) is 0 Å². The Hall–Kier alpha value is -1.62. The fourth-order valence-corrected chi connectivity index (χ4v) is 8.00. The van der Waals surface area contributed by atoms with Crippen molar-refractivity contribution in [3.05, 3.63) is 24.3 Å². The largest absolute Gasteiger partial charge is 0.462 e. The van der Waals surface area contributed by atoms with E-state index in [1.54, 1.807) is 0 Å². The summed E-state index contributed by atoms with van der Waals surface area (Å²) in [5.74, 6) is -0.573. The minimum atomic E-state index is -0.767. The average molecular weight is 831 g/mol. The highest BCUT2D eigenvalue weighted by Crippen LogP contribution is 2.17. The minimum Gasteiger partial charge on any atom is -0.462 e. The van der Waals surface area contributed by atoms with E-state index >= 15 is 0 Å². The molecule has 5 heteroatoms. The molecule has 0 aromatic heterocycles. The molecule has 0 saturated carbocycles. The molecule has 0 heterocycles. The van der Waals surface area contributed by atoms with Crippen LogP contribution in [0.25, 0.3) is 0 Å². The van der Waals surface area contributed by atoms with Crippen LogP contribution in [-0.2, 0) is 19.1 Å². The number of allylic oxidation sites excluding steroid dienone is 4. The summed E-state index contributed by atoms with van der Waals surface area (Å²) in [6.45, 7) is 4.17. The fraction of sp³-hybridized carbons (Fsp3) is 0.889. The van der Waals surface area contributed by atoms with Gasteiger partial charge in [-0.2, -0.15) is 0 Å². The molecule has 348 valence electrons. The molecule has 1 unspecified atom stereocenters. The van der Waals surface area contributed by atoms with Gasteiger partial charge in [-0.3, -0.25) is 9.59 Å². The standard InChI is InChI=1S/C54H102O5/c1-3-5-7-9-11-13-15-17-19-21-23-24-25-26-27-28-29-30-31-33-35-37-39-41-43-45-47-49-54(57)59-52(50-55)51-58-53(56)48-46-44-42-40-38-36-34-32-22-20-18-16-14-12-10-8-6-4-2/h15,17,21,23,52,55H,3-14,16,18-20,22,24-51H2,1-2H3/b17-15-,23-21-. The predicted molar refractivity (Wildman–Crippen MR) is 256 cm³/mol. The van der Waals surface area contributed by atoms with E-state index < -0.39 is 6.10 Å². The highest BCUT2D eigenvalue weighted by atomic mass is 16.6. The molecule has 0 bridgehead atoms. The molecule has 59 heavy (non-hydrogen) atoms. The first kappa shape index (κ1) is 57.4. The second kappa shape index (κ2) is 50.7. The Morgan fingerprint density at radius 2 is 0.678 bits per heavy atom. The molecule has 1 N–H and O–H groups in total. The Morgan fingerprint density at radius 1 is 0.390 bits per heavy atom. The number of rotatable bonds is 49. The molecular formula is C54H102O5. The topological polar surface area (TPSA) is 72.8 Å². The summed E-state index contributed by atoms with van der Waals surface area (Å²) in [6.07, 6.45) is 62.8. The first-order chi connectivity index (χ1) is 29.1. The van der Waals surface area contributed by atoms with E-state index in [1.807, 2.05) is 0 Å². The van der Waals surface area contributed by atoms with E-state index in [9.17, 15) is 14.7 Å². The molecular weight excluding hydrogens is 729 g/mol. The van der Waals surface area contributed by atoms with Crippen LogP contribution >= 0.6 is 0 Å². The molecule has 0 aromatic rings. The van der Waals surface area contributed by atoms with Crippen LogP contribution in [0.2, 0.25) is 0 Å². The van der Waals surface area contributed by atoms with E-state index in [0.29, 0.717) is 12.8 Å². The van der Waals surface area contributed by atoms with Crippen LogP contribution in [0.4, 0.5) is 0 Å². The summed E-state index contributed by atoms with van der Waals surface area (Å²) >= 11 is 0. The second-order valence-corrected chi connectivity index (χ2v) is 18.0. The molecule has 0 rings (SSSR count). The molecule has 0 spiro atoms. The number of unbranched alkanes of at least 4 members (excludes halogenated alkanes) is 37. The minimum absolute atomic E-state index is 0.0594. The maximum Gasteiger partial charge on any atom is 0.306 e. The summed E-state index contributed by atoms with van der Waals surface area (Å²) in [5, 5.41) is 9.63. The molecule has 0 aliphatic rings. The Balaban J connectivity index is 3.44. The van der Waals surface area contributed by atoms with Gasteiger partial charge in [0.1, 0.15) is 6.61 Å². The lowest BCUT2D eigenvalue weighted by Gasteiger charge is -2.15. The molecule has 1 atom stereocenters. The van der Waals surface area contributed by atoms with Crippen LogP contribution < -0.4 is 0 Å². The molecule has 0 amide bonds. The smallest absolute Gasteiger partial charge is 0.306 e. The number of aliphatic hydroxyl groups excluding tert-OH is 1. The van der Waals surface area contributed by atoms with E-state index in [0.717, 1.165) is 38.5 Å². The summed E-state index contributed by atoms with van der Waals surface area (Å²) in [6, 6.07) is 0. The highest BCUT2D eigenvalue weighted by molar-refractivity contribution is 5.70. The van der Waals surface area contributed by atoms with Gasteiger partial charge in [-0.1, -0.05) is 256 Å². The van der Waals surface area contributed by atoms with Crippen LogP contribution in [0, 0.1) is 0 Å². The van der Waals surface area contributed by atoms with E-state index in [-0.39, 0.29) is 25.2 Å². The molecule has 0 fully saturated rings. The van der Waals surface area contributed by atoms with Crippen molar-refractivity contribution in [2.75, 3.05) is 13.2 Å². The van der Waals surface area contributed by atoms with E-state index in [2.05, 4.69) is 38.2 Å². The number of hydrogen-bond donors (Lipinski definition) is 1. The van der Waals surface area contributed by atoms with Crippen LogP contribution in [0.3, 0.4) is 0 Å². The molecule has 0 aliphatic carbocycles. The number of aliphatic hydroxyl groups is 1. The third kappa shape index (κ3) is 48.9. The van der Waals surface area contributed by atoms with E-state index in [4.69, 9.17) is 9.47 Å².